The molecule has 3 nitrogen and oxygen atoms in total. The summed E-state index contributed by atoms with van der Waals surface area (Å²) < 4.78 is 6.00. The Labute approximate surface area is 161 Å². The Bertz CT molecular complexity index is 545. The lowest BCUT2D eigenvalue weighted by molar-refractivity contribution is 0.0592. The molecule has 0 radical (unpaired) electrons. The molecule has 0 unspecified atom stereocenters. The normalized spacial score (nSPS) is 18.3. The SMILES string of the molecule is COC(=O)c1nc2c(Br)cc1CCCCCCCCCCCCCC2. The van der Waals surface area contributed by atoms with Crippen LogP contribution in [0.5, 0.6) is 0 Å². The van der Waals surface area contributed by atoms with Gasteiger partial charge in [0.25, 0.3) is 0 Å². The predicted octanol–water partition coefficient (Wildman–Crippen LogP) is 6.41. The van der Waals surface area contributed by atoms with Gasteiger partial charge in [0.15, 0.2) is 5.69 Å². The van der Waals surface area contributed by atoms with Gasteiger partial charge in [0.1, 0.15) is 0 Å². The summed E-state index contributed by atoms with van der Waals surface area (Å²) >= 11 is 3.66. The number of nitrogens with zero attached hydrogens (tertiary/aromatic N) is 1. The zero-order valence-electron chi connectivity index (χ0n) is 15.6. The maximum Gasteiger partial charge on any atom is 0.356 e. The highest BCUT2D eigenvalue weighted by Gasteiger charge is 2.17. The van der Waals surface area contributed by atoms with Gasteiger partial charge >= 0.3 is 5.97 Å². The van der Waals surface area contributed by atoms with Crippen molar-refractivity contribution >= 4 is 21.9 Å². The van der Waals surface area contributed by atoms with E-state index in [4.69, 9.17) is 4.74 Å². The number of pyridine rings is 1. The van der Waals surface area contributed by atoms with Gasteiger partial charge in [-0.2, -0.15) is 0 Å². The number of esters is 1. The van der Waals surface area contributed by atoms with E-state index in [9.17, 15) is 4.79 Å². The van der Waals surface area contributed by atoms with E-state index in [0.29, 0.717) is 5.69 Å². The fraction of sp³-hybridized carbons (Fsp3) is 0.714. The standard InChI is InChI=1S/C21H32BrNO2/c1-25-21(24)20-17-14-12-10-8-6-4-2-3-5-7-9-11-13-15-19(23-20)18(22)16-17/h16H,2-15H2,1H3. The third kappa shape index (κ3) is 7.08. The van der Waals surface area contributed by atoms with Crippen LogP contribution >= 0.6 is 15.9 Å². The number of fused-ring (bicyclic) bond motifs is 15. The summed E-state index contributed by atoms with van der Waals surface area (Å²) in [6, 6.07) is 2.09. The topological polar surface area (TPSA) is 39.2 Å². The molecule has 1 aliphatic heterocycles. The first-order valence-corrected chi connectivity index (χ1v) is 10.8. The van der Waals surface area contributed by atoms with Crippen molar-refractivity contribution in [1.82, 2.24) is 4.98 Å². The summed E-state index contributed by atoms with van der Waals surface area (Å²) in [6.07, 6.45) is 17.3. The van der Waals surface area contributed by atoms with E-state index in [-0.39, 0.29) is 5.97 Å². The minimum Gasteiger partial charge on any atom is -0.464 e. The van der Waals surface area contributed by atoms with Gasteiger partial charge in [0.2, 0.25) is 0 Å². The summed E-state index contributed by atoms with van der Waals surface area (Å²) in [5.74, 6) is -0.307. The minimum atomic E-state index is -0.307. The van der Waals surface area contributed by atoms with Crippen LogP contribution in [-0.2, 0) is 17.6 Å². The first-order chi connectivity index (χ1) is 12.2. The van der Waals surface area contributed by atoms with Crippen LogP contribution in [-0.4, -0.2) is 18.1 Å². The van der Waals surface area contributed by atoms with Crippen molar-refractivity contribution in [2.75, 3.05) is 7.11 Å². The Morgan fingerprint density at radius 2 is 1.36 bits per heavy atom. The molecule has 140 valence electrons. The Morgan fingerprint density at radius 3 is 1.88 bits per heavy atom. The largest absolute Gasteiger partial charge is 0.464 e. The number of methoxy groups -OCH3 is 1. The van der Waals surface area contributed by atoms with Crippen molar-refractivity contribution in [1.29, 1.82) is 0 Å². The summed E-state index contributed by atoms with van der Waals surface area (Å²) in [6.45, 7) is 0. The third-order valence-electron chi connectivity index (χ3n) is 5.12. The maximum atomic E-state index is 12.2. The highest BCUT2D eigenvalue weighted by atomic mass is 79.9. The summed E-state index contributed by atoms with van der Waals surface area (Å²) in [5, 5.41) is 0. The van der Waals surface area contributed by atoms with E-state index in [1.165, 1.54) is 71.3 Å². The summed E-state index contributed by atoms with van der Waals surface area (Å²) in [5.41, 5.74) is 2.52. The molecule has 0 aromatic carbocycles. The molecule has 1 aliphatic carbocycles. The van der Waals surface area contributed by atoms with Crippen molar-refractivity contribution in [2.24, 2.45) is 0 Å². The average Bonchev–Trinajstić information content (AvgIpc) is 2.62. The molecule has 3 rings (SSSR count). The highest BCUT2D eigenvalue weighted by molar-refractivity contribution is 9.10. The Kier molecular flexibility index (Phi) is 9.52. The molecule has 0 N–H and O–H groups in total. The van der Waals surface area contributed by atoms with Crippen LogP contribution in [0, 0.1) is 0 Å². The van der Waals surface area contributed by atoms with E-state index < -0.39 is 0 Å². The van der Waals surface area contributed by atoms with Gasteiger partial charge in [-0.25, -0.2) is 9.78 Å². The minimum absolute atomic E-state index is 0.307. The number of halogens is 1. The fourth-order valence-electron chi connectivity index (χ4n) is 3.58. The monoisotopic (exact) mass is 409 g/mol. The van der Waals surface area contributed by atoms with Crippen molar-refractivity contribution in [3.8, 4) is 0 Å². The van der Waals surface area contributed by atoms with Gasteiger partial charge in [-0.15, -0.1) is 0 Å². The number of aryl methyl sites for hydroxylation is 2. The predicted molar refractivity (Wildman–Crippen MR) is 106 cm³/mol. The van der Waals surface area contributed by atoms with Gasteiger partial charge in [0.05, 0.1) is 12.8 Å². The Hall–Kier alpha value is -0.900. The number of carbonyl (C=O) groups is 1. The lowest BCUT2D eigenvalue weighted by atomic mass is 10.0. The molecule has 2 bridgehead atoms. The van der Waals surface area contributed by atoms with Crippen LogP contribution in [0.3, 0.4) is 0 Å². The zero-order chi connectivity index (χ0) is 17.9. The van der Waals surface area contributed by atoms with Crippen LogP contribution in [0.4, 0.5) is 0 Å². The van der Waals surface area contributed by atoms with E-state index in [1.807, 2.05) is 0 Å². The molecule has 1 aromatic heterocycles. The second-order valence-electron chi connectivity index (χ2n) is 7.16. The molecular formula is C21H32BrNO2. The Balaban J connectivity index is 2.10. The van der Waals surface area contributed by atoms with Crippen LogP contribution in [0.15, 0.2) is 10.5 Å². The summed E-state index contributed by atoms with van der Waals surface area (Å²) in [4.78, 5) is 16.8. The van der Waals surface area contributed by atoms with Crippen LogP contribution < -0.4 is 0 Å². The van der Waals surface area contributed by atoms with Crippen molar-refractivity contribution in [3.05, 3.63) is 27.5 Å². The molecule has 0 saturated heterocycles. The number of carbonyl (C=O) groups excluding carboxylic acids is 1. The molecule has 0 spiro atoms. The van der Waals surface area contributed by atoms with Crippen molar-refractivity contribution in [2.45, 2.75) is 89.9 Å². The Morgan fingerprint density at radius 1 is 0.880 bits per heavy atom. The second-order valence-corrected chi connectivity index (χ2v) is 8.01. The molecule has 0 amide bonds. The van der Waals surface area contributed by atoms with Crippen LogP contribution in [0.2, 0.25) is 0 Å². The first-order valence-electron chi connectivity index (χ1n) is 9.99. The van der Waals surface area contributed by atoms with Crippen LogP contribution in [0.25, 0.3) is 0 Å². The van der Waals surface area contributed by atoms with Crippen molar-refractivity contribution < 1.29 is 9.53 Å². The van der Waals surface area contributed by atoms with Crippen LogP contribution in [0.1, 0.15) is 98.8 Å². The number of rotatable bonds is 1. The zero-order valence-corrected chi connectivity index (χ0v) is 17.2. The number of hydrogen-bond acceptors (Lipinski definition) is 3. The number of ether oxygens (including phenoxy) is 1. The van der Waals surface area contributed by atoms with E-state index in [2.05, 4.69) is 27.0 Å². The molecule has 2 heterocycles. The average molecular weight is 410 g/mol. The first kappa shape index (κ1) is 20.4. The number of hydrogen-bond donors (Lipinski definition) is 0. The van der Waals surface area contributed by atoms with E-state index in [1.54, 1.807) is 0 Å². The van der Waals surface area contributed by atoms with Gasteiger partial charge in [0, 0.05) is 4.47 Å². The molecule has 25 heavy (non-hydrogen) atoms. The van der Waals surface area contributed by atoms with E-state index >= 15 is 0 Å². The molecular weight excluding hydrogens is 378 g/mol. The van der Waals surface area contributed by atoms with Gasteiger partial charge in [-0.3, -0.25) is 0 Å². The molecule has 1 aromatic rings. The van der Waals surface area contributed by atoms with Gasteiger partial charge in [-0.1, -0.05) is 64.2 Å². The summed E-state index contributed by atoms with van der Waals surface area (Å²) in [7, 11) is 1.44. The third-order valence-corrected chi connectivity index (χ3v) is 5.80. The molecule has 0 fully saturated rings. The number of aromatic nitrogens is 1. The van der Waals surface area contributed by atoms with Gasteiger partial charge < -0.3 is 4.74 Å². The van der Waals surface area contributed by atoms with Gasteiger partial charge in [-0.05, 0) is 53.2 Å². The molecule has 2 aliphatic rings. The quantitative estimate of drug-likeness (QED) is 0.502. The highest BCUT2D eigenvalue weighted by Crippen LogP contribution is 2.24. The second kappa shape index (κ2) is 11.7. The van der Waals surface area contributed by atoms with E-state index in [0.717, 1.165) is 41.4 Å². The maximum absolute atomic E-state index is 12.2. The lowest BCUT2D eigenvalue weighted by Crippen LogP contribution is -2.11. The molecule has 0 saturated carbocycles. The molecule has 0 atom stereocenters. The van der Waals surface area contributed by atoms with Crippen molar-refractivity contribution in [3.63, 3.8) is 0 Å². The lowest BCUT2D eigenvalue weighted by Gasteiger charge is -2.12. The smallest absolute Gasteiger partial charge is 0.356 e. The fourth-order valence-corrected chi connectivity index (χ4v) is 4.14. The molecule has 4 heteroatoms.